The normalized spacial score (nSPS) is 11.7. The van der Waals surface area contributed by atoms with E-state index in [4.69, 9.17) is 18.9 Å². The second-order valence-electron chi connectivity index (χ2n) is 8.68. The topological polar surface area (TPSA) is 95.5 Å². The molecule has 0 fully saturated rings. The van der Waals surface area contributed by atoms with E-state index in [9.17, 15) is 9.59 Å². The number of fused-ring (bicyclic) bond motifs is 1. The molecule has 0 aliphatic carbocycles. The van der Waals surface area contributed by atoms with Gasteiger partial charge in [0.2, 0.25) is 0 Å². The summed E-state index contributed by atoms with van der Waals surface area (Å²) in [5.74, 6) is 0.960. The Morgan fingerprint density at radius 2 is 1.64 bits per heavy atom. The average molecular weight is 527 g/mol. The molecule has 4 aromatic rings. The number of methoxy groups -OCH3 is 1. The van der Waals surface area contributed by atoms with Crippen LogP contribution in [0.5, 0.6) is 23.0 Å². The lowest BCUT2D eigenvalue weighted by atomic mass is 10.1. The number of nitrogens with one attached hydrogen (secondary N) is 1. The van der Waals surface area contributed by atoms with Crippen molar-refractivity contribution in [3.8, 4) is 23.0 Å². The van der Waals surface area contributed by atoms with Gasteiger partial charge < -0.3 is 18.9 Å². The molecule has 0 spiro atoms. The minimum Gasteiger partial charge on any atom is -0.494 e. The number of ether oxygens (including phenoxy) is 4. The van der Waals surface area contributed by atoms with Gasteiger partial charge in [-0.15, -0.1) is 0 Å². The molecule has 1 atom stereocenters. The minimum atomic E-state index is -0.757. The Labute approximate surface area is 227 Å². The van der Waals surface area contributed by atoms with E-state index < -0.39 is 18.0 Å². The van der Waals surface area contributed by atoms with E-state index in [0.717, 1.165) is 17.2 Å². The Kier molecular flexibility index (Phi) is 9.13. The lowest BCUT2D eigenvalue weighted by Gasteiger charge is -2.13. The lowest BCUT2D eigenvalue weighted by Crippen LogP contribution is -2.33. The summed E-state index contributed by atoms with van der Waals surface area (Å²) in [5.41, 5.74) is 3.50. The Morgan fingerprint density at radius 3 is 2.38 bits per heavy atom. The first-order valence-electron chi connectivity index (χ1n) is 12.6. The van der Waals surface area contributed by atoms with Crippen LogP contribution in [-0.4, -0.2) is 37.9 Å². The Hall–Kier alpha value is -4.85. The standard InChI is InChI=1S/C31H30N2O6/c1-4-17-37-26-13-11-24(12-14-26)31(35)39-28-16-9-22(18-29(28)36-3)20-32-33-30(34)21(2)38-27-15-10-23-7-5-6-8-25(23)19-27/h5-16,18-21H,4,17H2,1-3H3,(H,33,34)/b32-20-/t21-/m1/s1. The van der Waals surface area contributed by atoms with E-state index in [1.54, 1.807) is 49.4 Å². The average Bonchev–Trinajstić information content (AvgIpc) is 2.96. The highest BCUT2D eigenvalue weighted by atomic mass is 16.6. The molecule has 0 aliphatic rings. The molecule has 0 aromatic heterocycles. The summed E-state index contributed by atoms with van der Waals surface area (Å²) < 4.78 is 22.2. The molecule has 8 nitrogen and oxygen atoms in total. The van der Waals surface area contributed by atoms with Crippen molar-refractivity contribution in [1.82, 2.24) is 5.43 Å². The SMILES string of the molecule is CCCOc1ccc(C(=O)Oc2ccc(/C=N\NC(=O)[C@@H](C)Oc3ccc4ccccc4c3)cc2OC)cc1. The van der Waals surface area contributed by atoms with Crippen LogP contribution in [0.2, 0.25) is 0 Å². The third-order valence-corrected chi connectivity index (χ3v) is 5.74. The first kappa shape index (κ1) is 27.2. The summed E-state index contributed by atoms with van der Waals surface area (Å²) in [5, 5.41) is 6.14. The van der Waals surface area contributed by atoms with Crippen LogP contribution in [0, 0.1) is 0 Å². The minimum absolute atomic E-state index is 0.257. The first-order valence-corrected chi connectivity index (χ1v) is 12.6. The Morgan fingerprint density at radius 1 is 0.897 bits per heavy atom. The van der Waals surface area contributed by atoms with Gasteiger partial charge >= 0.3 is 5.97 Å². The molecular weight excluding hydrogens is 496 g/mol. The molecule has 1 amide bonds. The molecule has 8 heteroatoms. The fraction of sp³-hybridized carbons (Fsp3) is 0.194. The predicted octanol–water partition coefficient (Wildman–Crippen LogP) is 5.77. The van der Waals surface area contributed by atoms with Crippen LogP contribution in [0.1, 0.15) is 36.2 Å². The van der Waals surface area contributed by atoms with Crippen molar-refractivity contribution in [1.29, 1.82) is 0 Å². The number of esters is 1. The van der Waals surface area contributed by atoms with Crippen LogP contribution >= 0.6 is 0 Å². The van der Waals surface area contributed by atoms with Crippen molar-refractivity contribution in [2.75, 3.05) is 13.7 Å². The van der Waals surface area contributed by atoms with Crippen LogP contribution < -0.4 is 24.4 Å². The largest absolute Gasteiger partial charge is 0.494 e. The van der Waals surface area contributed by atoms with Gasteiger partial charge in [0, 0.05) is 0 Å². The number of amides is 1. The van der Waals surface area contributed by atoms with Gasteiger partial charge in [-0.25, -0.2) is 10.2 Å². The smallest absolute Gasteiger partial charge is 0.343 e. The number of hydrazone groups is 1. The summed E-state index contributed by atoms with van der Waals surface area (Å²) in [6.07, 6.45) is 1.60. The van der Waals surface area contributed by atoms with Gasteiger partial charge in [0.15, 0.2) is 17.6 Å². The Balaban J connectivity index is 1.33. The number of carbonyl (C=O) groups is 2. The zero-order valence-corrected chi connectivity index (χ0v) is 22.0. The number of hydrogen-bond donors (Lipinski definition) is 1. The zero-order valence-electron chi connectivity index (χ0n) is 22.0. The van der Waals surface area contributed by atoms with Gasteiger partial charge in [-0.05, 0) is 84.3 Å². The second kappa shape index (κ2) is 13.1. The van der Waals surface area contributed by atoms with Crippen molar-refractivity contribution >= 4 is 28.9 Å². The zero-order chi connectivity index (χ0) is 27.6. The van der Waals surface area contributed by atoms with Crippen molar-refractivity contribution in [2.24, 2.45) is 5.10 Å². The van der Waals surface area contributed by atoms with E-state index in [1.807, 2.05) is 49.4 Å². The predicted molar refractivity (Wildman–Crippen MR) is 150 cm³/mol. The molecule has 4 rings (SSSR count). The van der Waals surface area contributed by atoms with Crippen LogP contribution in [0.25, 0.3) is 10.8 Å². The maximum atomic E-state index is 12.6. The van der Waals surface area contributed by atoms with Gasteiger partial charge in [0.1, 0.15) is 11.5 Å². The number of rotatable bonds is 11. The fourth-order valence-corrected chi connectivity index (χ4v) is 3.67. The molecule has 39 heavy (non-hydrogen) atoms. The molecule has 0 bridgehead atoms. The molecule has 4 aromatic carbocycles. The summed E-state index contributed by atoms with van der Waals surface area (Å²) in [4.78, 5) is 25.1. The monoisotopic (exact) mass is 526 g/mol. The maximum absolute atomic E-state index is 12.6. The second-order valence-corrected chi connectivity index (χ2v) is 8.68. The van der Waals surface area contributed by atoms with Gasteiger partial charge in [-0.2, -0.15) is 5.10 Å². The molecule has 1 N–H and O–H groups in total. The highest BCUT2D eigenvalue weighted by Crippen LogP contribution is 2.28. The van der Waals surface area contributed by atoms with Gasteiger partial charge in [0.25, 0.3) is 5.91 Å². The van der Waals surface area contributed by atoms with Crippen LogP contribution in [-0.2, 0) is 4.79 Å². The number of benzene rings is 4. The lowest BCUT2D eigenvalue weighted by molar-refractivity contribution is -0.127. The van der Waals surface area contributed by atoms with Crippen molar-refractivity contribution in [3.63, 3.8) is 0 Å². The summed E-state index contributed by atoms with van der Waals surface area (Å²) >= 11 is 0. The van der Waals surface area contributed by atoms with Crippen LogP contribution in [0.3, 0.4) is 0 Å². The van der Waals surface area contributed by atoms with Crippen LogP contribution in [0.15, 0.2) is 90.0 Å². The van der Waals surface area contributed by atoms with E-state index in [-0.39, 0.29) is 5.75 Å². The van der Waals surface area contributed by atoms with E-state index in [2.05, 4.69) is 10.5 Å². The highest BCUT2D eigenvalue weighted by Gasteiger charge is 2.15. The number of nitrogens with zero attached hydrogens (tertiary/aromatic N) is 1. The van der Waals surface area contributed by atoms with Crippen LogP contribution in [0.4, 0.5) is 0 Å². The van der Waals surface area contributed by atoms with Crippen molar-refractivity contribution in [3.05, 3.63) is 96.1 Å². The first-order chi connectivity index (χ1) is 19.0. The maximum Gasteiger partial charge on any atom is 0.343 e. The molecule has 0 saturated carbocycles. The van der Waals surface area contributed by atoms with Gasteiger partial charge in [0.05, 0.1) is 25.5 Å². The van der Waals surface area contributed by atoms with Crippen molar-refractivity contribution < 1.29 is 28.5 Å². The third kappa shape index (κ3) is 7.35. The van der Waals surface area contributed by atoms with Gasteiger partial charge in [-0.3, -0.25) is 4.79 Å². The van der Waals surface area contributed by atoms with E-state index in [1.165, 1.54) is 13.3 Å². The van der Waals surface area contributed by atoms with E-state index >= 15 is 0 Å². The summed E-state index contributed by atoms with van der Waals surface area (Å²) in [6, 6.07) is 25.3. The van der Waals surface area contributed by atoms with Gasteiger partial charge in [-0.1, -0.05) is 37.3 Å². The van der Waals surface area contributed by atoms with Crippen molar-refractivity contribution in [2.45, 2.75) is 26.4 Å². The molecule has 0 heterocycles. The molecule has 0 aliphatic heterocycles. The molecule has 200 valence electrons. The summed E-state index contributed by atoms with van der Waals surface area (Å²) in [6.45, 7) is 4.28. The Bertz CT molecular complexity index is 1470. The summed E-state index contributed by atoms with van der Waals surface area (Å²) in [7, 11) is 1.47. The number of carbonyl (C=O) groups excluding carboxylic acids is 2. The highest BCUT2D eigenvalue weighted by molar-refractivity contribution is 5.92. The van der Waals surface area contributed by atoms with E-state index in [0.29, 0.717) is 35.0 Å². The fourth-order valence-electron chi connectivity index (χ4n) is 3.67. The third-order valence-electron chi connectivity index (χ3n) is 5.74. The quantitative estimate of drug-likeness (QED) is 0.115. The molecular formula is C31H30N2O6. The molecule has 0 saturated heterocycles. The molecule has 0 unspecified atom stereocenters. The number of hydrogen-bond acceptors (Lipinski definition) is 7. The molecule has 0 radical (unpaired) electrons.